The van der Waals surface area contributed by atoms with Crippen molar-refractivity contribution in [2.24, 2.45) is 5.92 Å². The van der Waals surface area contributed by atoms with Gasteiger partial charge in [-0.25, -0.2) is 0 Å². The molecule has 1 aromatic heterocycles. The number of carbonyl (C=O) groups excluding carboxylic acids is 1. The Hall–Kier alpha value is -1.95. The maximum absolute atomic E-state index is 13.0. The fraction of sp³-hybridized carbons (Fsp3) is 0.571. The monoisotopic (exact) mass is 385 g/mol. The standard InChI is InChI=1S/C21H27N3O2S/c1-13-6-2-5-9-17(13)22-19(25)14-10-11-16-18(12-14)23-21(27)24(20(16)26)15-7-3-4-8-15/h10-13,15,17H,2-9H2,1H3,(H,22,25)(H,23,27)/t13-,17-/m1/s1. The van der Waals surface area contributed by atoms with Crippen LogP contribution in [0.2, 0.25) is 0 Å². The summed E-state index contributed by atoms with van der Waals surface area (Å²) in [6.07, 6.45) is 8.90. The Kier molecular flexibility index (Phi) is 5.17. The minimum atomic E-state index is -0.0741. The molecule has 0 saturated heterocycles. The van der Waals surface area contributed by atoms with Crippen LogP contribution in [0.5, 0.6) is 0 Å². The van der Waals surface area contributed by atoms with E-state index in [1.165, 1.54) is 12.8 Å². The minimum Gasteiger partial charge on any atom is -0.349 e. The minimum absolute atomic E-state index is 0.0477. The van der Waals surface area contributed by atoms with Crippen molar-refractivity contribution in [2.75, 3.05) is 0 Å². The number of nitrogens with one attached hydrogen (secondary N) is 2. The van der Waals surface area contributed by atoms with Crippen LogP contribution in [-0.4, -0.2) is 21.5 Å². The predicted octanol–water partition coefficient (Wildman–Crippen LogP) is 4.48. The van der Waals surface area contributed by atoms with Crippen molar-refractivity contribution in [1.29, 1.82) is 0 Å². The van der Waals surface area contributed by atoms with Gasteiger partial charge in [0.2, 0.25) is 0 Å². The quantitative estimate of drug-likeness (QED) is 0.766. The molecular formula is C21H27N3O2S. The molecule has 6 heteroatoms. The molecule has 0 aliphatic heterocycles. The van der Waals surface area contributed by atoms with Gasteiger partial charge in [0.05, 0.1) is 10.9 Å². The summed E-state index contributed by atoms with van der Waals surface area (Å²) in [5.41, 5.74) is 1.17. The van der Waals surface area contributed by atoms with Crippen LogP contribution in [0.3, 0.4) is 0 Å². The molecule has 2 fully saturated rings. The van der Waals surface area contributed by atoms with E-state index in [4.69, 9.17) is 12.2 Å². The molecule has 27 heavy (non-hydrogen) atoms. The molecule has 5 nitrogen and oxygen atoms in total. The number of benzene rings is 1. The zero-order valence-corrected chi connectivity index (χ0v) is 16.6. The molecule has 0 bridgehead atoms. The van der Waals surface area contributed by atoms with E-state index in [2.05, 4.69) is 17.2 Å². The summed E-state index contributed by atoms with van der Waals surface area (Å²) < 4.78 is 2.19. The number of hydrogen-bond acceptors (Lipinski definition) is 3. The van der Waals surface area contributed by atoms with Crippen molar-refractivity contribution in [3.05, 3.63) is 38.9 Å². The van der Waals surface area contributed by atoms with Crippen LogP contribution in [0, 0.1) is 10.7 Å². The Morgan fingerprint density at radius 3 is 2.59 bits per heavy atom. The number of rotatable bonds is 3. The first-order valence-electron chi connectivity index (χ1n) is 10.1. The number of amides is 1. The highest BCUT2D eigenvalue weighted by molar-refractivity contribution is 7.71. The smallest absolute Gasteiger partial charge is 0.262 e. The molecule has 1 amide bonds. The normalized spacial score (nSPS) is 23.6. The number of carbonyl (C=O) groups is 1. The highest BCUT2D eigenvalue weighted by Gasteiger charge is 2.24. The van der Waals surface area contributed by atoms with Gasteiger partial charge in [0.25, 0.3) is 11.5 Å². The summed E-state index contributed by atoms with van der Waals surface area (Å²) in [6.45, 7) is 2.20. The Bertz CT molecular complexity index is 972. The third-order valence-electron chi connectivity index (χ3n) is 6.31. The van der Waals surface area contributed by atoms with Crippen molar-refractivity contribution in [3.8, 4) is 0 Å². The Morgan fingerprint density at radius 2 is 1.85 bits per heavy atom. The molecule has 1 heterocycles. The second-order valence-electron chi connectivity index (χ2n) is 8.15. The average Bonchev–Trinajstić information content (AvgIpc) is 3.17. The van der Waals surface area contributed by atoms with Gasteiger partial charge in [-0.05, 0) is 62.0 Å². The summed E-state index contributed by atoms with van der Waals surface area (Å²) in [5.74, 6) is 0.433. The van der Waals surface area contributed by atoms with E-state index in [-0.39, 0.29) is 23.6 Å². The van der Waals surface area contributed by atoms with E-state index in [1.807, 2.05) is 0 Å². The Labute approximate surface area is 164 Å². The van der Waals surface area contributed by atoms with E-state index in [1.54, 1.807) is 22.8 Å². The molecule has 4 rings (SSSR count). The van der Waals surface area contributed by atoms with Gasteiger partial charge >= 0.3 is 0 Å². The second-order valence-corrected chi connectivity index (χ2v) is 8.53. The average molecular weight is 386 g/mol. The zero-order chi connectivity index (χ0) is 19.0. The van der Waals surface area contributed by atoms with Gasteiger partial charge in [0.15, 0.2) is 4.77 Å². The molecule has 2 atom stereocenters. The molecule has 0 unspecified atom stereocenters. The molecule has 144 valence electrons. The molecule has 2 aliphatic carbocycles. The van der Waals surface area contributed by atoms with Crippen molar-refractivity contribution in [2.45, 2.75) is 70.4 Å². The van der Waals surface area contributed by atoms with Crippen LogP contribution in [-0.2, 0) is 0 Å². The van der Waals surface area contributed by atoms with Gasteiger partial charge < -0.3 is 10.3 Å². The van der Waals surface area contributed by atoms with Crippen LogP contribution in [0.15, 0.2) is 23.0 Å². The van der Waals surface area contributed by atoms with E-state index in [0.717, 1.165) is 38.5 Å². The number of aromatic amines is 1. The summed E-state index contributed by atoms with van der Waals surface area (Å²) in [7, 11) is 0. The highest BCUT2D eigenvalue weighted by Crippen LogP contribution is 2.29. The Morgan fingerprint density at radius 1 is 1.15 bits per heavy atom. The van der Waals surface area contributed by atoms with Crippen LogP contribution >= 0.6 is 12.2 Å². The maximum atomic E-state index is 13.0. The molecule has 1 aromatic carbocycles. The number of H-pyrrole nitrogens is 1. The number of fused-ring (bicyclic) bond motifs is 1. The lowest BCUT2D eigenvalue weighted by atomic mass is 9.86. The van der Waals surface area contributed by atoms with Gasteiger partial charge in [-0.15, -0.1) is 0 Å². The molecule has 2 saturated carbocycles. The van der Waals surface area contributed by atoms with E-state index >= 15 is 0 Å². The summed E-state index contributed by atoms with van der Waals surface area (Å²) in [4.78, 5) is 28.8. The first-order chi connectivity index (χ1) is 13.0. The van der Waals surface area contributed by atoms with Gasteiger partial charge in [-0.1, -0.05) is 32.6 Å². The van der Waals surface area contributed by atoms with Crippen LogP contribution < -0.4 is 10.9 Å². The topological polar surface area (TPSA) is 66.9 Å². The van der Waals surface area contributed by atoms with Gasteiger partial charge in [-0.3, -0.25) is 14.2 Å². The van der Waals surface area contributed by atoms with Crippen LogP contribution in [0.25, 0.3) is 10.9 Å². The fourth-order valence-electron chi connectivity index (χ4n) is 4.65. The molecule has 0 radical (unpaired) electrons. The maximum Gasteiger partial charge on any atom is 0.262 e. The SMILES string of the molecule is C[C@@H]1CCCC[C@H]1NC(=O)c1ccc2c(=O)n(C3CCCC3)c(=S)[nH]c2c1. The van der Waals surface area contributed by atoms with Crippen molar-refractivity contribution in [1.82, 2.24) is 14.9 Å². The van der Waals surface area contributed by atoms with Crippen molar-refractivity contribution >= 4 is 29.0 Å². The van der Waals surface area contributed by atoms with Crippen LogP contribution in [0.1, 0.15) is 74.7 Å². The molecular weight excluding hydrogens is 358 g/mol. The molecule has 2 N–H and O–H groups in total. The van der Waals surface area contributed by atoms with E-state index in [0.29, 0.717) is 27.2 Å². The predicted molar refractivity (Wildman–Crippen MR) is 110 cm³/mol. The van der Waals surface area contributed by atoms with Crippen molar-refractivity contribution < 1.29 is 4.79 Å². The zero-order valence-electron chi connectivity index (χ0n) is 15.8. The molecule has 2 aliphatic rings. The lowest BCUT2D eigenvalue weighted by Gasteiger charge is -2.29. The molecule has 2 aromatic rings. The fourth-order valence-corrected chi connectivity index (χ4v) is 4.99. The summed E-state index contributed by atoms with van der Waals surface area (Å²) in [5, 5.41) is 3.77. The largest absolute Gasteiger partial charge is 0.349 e. The van der Waals surface area contributed by atoms with Crippen LogP contribution in [0.4, 0.5) is 0 Å². The molecule has 0 spiro atoms. The van der Waals surface area contributed by atoms with E-state index in [9.17, 15) is 9.59 Å². The Balaban J connectivity index is 1.64. The summed E-state index contributed by atoms with van der Waals surface area (Å²) >= 11 is 5.47. The van der Waals surface area contributed by atoms with Gasteiger partial charge in [0, 0.05) is 17.6 Å². The third-order valence-corrected chi connectivity index (χ3v) is 6.61. The van der Waals surface area contributed by atoms with Gasteiger partial charge in [0.1, 0.15) is 0 Å². The second kappa shape index (κ2) is 7.58. The van der Waals surface area contributed by atoms with Crippen molar-refractivity contribution in [3.63, 3.8) is 0 Å². The number of hydrogen-bond donors (Lipinski definition) is 2. The lowest BCUT2D eigenvalue weighted by Crippen LogP contribution is -2.41. The summed E-state index contributed by atoms with van der Waals surface area (Å²) in [6, 6.07) is 5.70. The highest BCUT2D eigenvalue weighted by atomic mass is 32.1. The third kappa shape index (κ3) is 3.59. The lowest BCUT2D eigenvalue weighted by molar-refractivity contribution is 0.0910. The number of nitrogens with zero attached hydrogens (tertiary/aromatic N) is 1. The first-order valence-corrected chi connectivity index (χ1v) is 10.5. The van der Waals surface area contributed by atoms with E-state index < -0.39 is 0 Å². The number of aromatic nitrogens is 2. The van der Waals surface area contributed by atoms with Gasteiger partial charge in [-0.2, -0.15) is 0 Å². The first kappa shape index (κ1) is 18.4.